The molecule has 0 saturated carbocycles. The Morgan fingerprint density at radius 2 is 1.81 bits per heavy atom. The van der Waals surface area contributed by atoms with E-state index in [-0.39, 0.29) is 40.3 Å². The van der Waals surface area contributed by atoms with E-state index in [2.05, 4.69) is 30.7 Å². The Morgan fingerprint density at radius 1 is 1.05 bits per heavy atom. The molecule has 0 aliphatic rings. The van der Waals surface area contributed by atoms with E-state index in [1.807, 2.05) is 0 Å². The van der Waals surface area contributed by atoms with Crippen molar-refractivity contribution in [1.82, 2.24) is 14.8 Å². The first kappa shape index (κ1) is 26.5. The van der Waals surface area contributed by atoms with Gasteiger partial charge in [0.1, 0.15) is 10.6 Å². The molecule has 1 heterocycles. The Bertz CT molecular complexity index is 1540. The fourth-order valence-corrected chi connectivity index (χ4v) is 5.21. The zero-order valence-electron chi connectivity index (χ0n) is 19.5. The van der Waals surface area contributed by atoms with Crippen LogP contribution in [0, 0.1) is 0 Å². The van der Waals surface area contributed by atoms with Crippen LogP contribution in [0.3, 0.4) is 0 Å². The topological polar surface area (TPSA) is 95.3 Å². The predicted octanol–water partition coefficient (Wildman–Crippen LogP) is 5.92. The molecule has 13 heteroatoms. The van der Waals surface area contributed by atoms with Crippen LogP contribution < -0.4 is 14.2 Å². The van der Waals surface area contributed by atoms with Gasteiger partial charge in [-0.25, -0.2) is 13.1 Å². The van der Waals surface area contributed by atoms with Crippen LogP contribution >= 0.6 is 15.9 Å². The van der Waals surface area contributed by atoms with E-state index in [9.17, 15) is 21.6 Å². The van der Waals surface area contributed by atoms with Crippen LogP contribution in [0.4, 0.5) is 18.9 Å². The second-order valence-electron chi connectivity index (χ2n) is 7.59. The zero-order chi connectivity index (χ0) is 26.8. The second kappa shape index (κ2) is 10.4. The summed E-state index contributed by atoms with van der Waals surface area (Å²) < 4.78 is 81.1. The number of nitrogens with one attached hydrogen (secondary N) is 1. The van der Waals surface area contributed by atoms with Crippen LogP contribution in [-0.4, -0.2) is 36.9 Å². The largest absolute Gasteiger partial charge is 0.495 e. The fourth-order valence-electron chi connectivity index (χ4n) is 3.46. The molecule has 37 heavy (non-hydrogen) atoms. The van der Waals surface area contributed by atoms with Gasteiger partial charge in [-0.15, -0.1) is 5.10 Å². The van der Waals surface area contributed by atoms with Gasteiger partial charge < -0.3 is 9.47 Å². The summed E-state index contributed by atoms with van der Waals surface area (Å²) in [5, 5.41) is 4.27. The lowest BCUT2D eigenvalue weighted by molar-refractivity contribution is -0.137. The lowest BCUT2D eigenvalue weighted by Gasteiger charge is -2.13. The predicted molar refractivity (Wildman–Crippen MR) is 134 cm³/mol. The minimum atomic E-state index is -4.55. The Morgan fingerprint density at radius 3 is 2.51 bits per heavy atom. The number of hydrogen-bond acceptors (Lipinski definition) is 6. The monoisotopic (exact) mass is 596 g/mol. The summed E-state index contributed by atoms with van der Waals surface area (Å²) in [5.74, 6) is 0.236. The maximum atomic E-state index is 13.3. The van der Waals surface area contributed by atoms with Gasteiger partial charge in [0.25, 0.3) is 10.0 Å². The summed E-state index contributed by atoms with van der Waals surface area (Å²) in [6.45, 7) is 1.95. The molecule has 4 rings (SSSR count). The average molecular weight is 597 g/mol. The molecule has 0 radical (unpaired) electrons. The first-order chi connectivity index (χ1) is 17.5. The van der Waals surface area contributed by atoms with Gasteiger partial charge in [0.05, 0.1) is 30.7 Å². The number of nitrogens with zero attached hydrogens (tertiary/aromatic N) is 3. The quantitative estimate of drug-likeness (QED) is 0.271. The van der Waals surface area contributed by atoms with Crippen LogP contribution in [0.1, 0.15) is 12.5 Å². The highest BCUT2D eigenvalue weighted by atomic mass is 79.9. The molecule has 1 aromatic heterocycles. The number of halogens is 4. The van der Waals surface area contributed by atoms with Crippen molar-refractivity contribution in [3.63, 3.8) is 0 Å². The van der Waals surface area contributed by atoms with E-state index in [4.69, 9.17) is 9.47 Å². The van der Waals surface area contributed by atoms with E-state index in [1.165, 1.54) is 48.2 Å². The molecule has 0 atom stereocenters. The van der Waals surface area contributed by atoms with Crippen molar-refractivity contribution in [1.29, 1.82) is 0 Å². The Labute approximate surface area is 219 Å². The van der Waals surface area contributed by atoms with E-state index in [1.54, 1.807) is 25.1 Å². The lowest BCUT2D eigenvalue weighted by Crippen LogP contribution is -2.14. The Hall–Kier alpha value is -3.58. The maximum absolute atomic E-state index is 13.3. The molecule has 8 nitrogen and oxygen atoms in total. The van der Waals surface area contributed by atoms with E-state index < -0.39 is 21.8 Å². The number of rotatable bonds is 8. The Kier molecular flexibility index (Phi) is 7.46. The highest BCUT2D eigenvalue weighted by Gasteiger charge is 2.31. The number of alkyl halides is 3. The van der Waals surface area contributed by atoms with Gasteiger partial charge >= 0.3 is 12.2 Å². The molecule has 3 aromatic carbocycles. The molecule has 1 N–H and O–H groups in total. The first-order valence-corrected chi connectivity index (χ1v) is 13.0. The smallest absolute Gasteiger partial charge is 0.416 e. The third-order valence-electron chi connectivity index (χ3n) is 5.07. The number of methoxy groups -OCH3 is 1. The van der Waals surface area contributed by atoms with Crippen molar-refractivity contribution >= 4 is 31.6 Å². The summed E-state index contributed by atoms with van der Waals surface area (Å²) in [7, 11) is -2.71. The minimum absolute atomic E-state index is 0.0419. The molecule has 0 aliphatic carbocycles. The summed E-state index contributed by atoms with van der Waals surface area (Å²) in [4.78, 5) is 4.17. The van der Waals surface area contributed by atoms with Crippen molar-refractivity contribution in [2.75, 3.05) is 18.4 Å². The van der Waals surface area contributed by atoms with Crippen molar-refractivity contribution in [3.8, 4) is 28.8 Å². The van der Waals surface area contributed by atoms with Crippen molar-refractivity contribution in [3.05, 3.63) is 76.8 Å². The number of benzene rings is 3. The number of anilines is 1. The van der Waals surface area contributed by atoms with E-state index in [0.29, 0.717) is 10.2 Å². The van der Waals surface area contributed by atoms with Gasteiger partial charge in [-0.2, -0.15) is 18.2 Å². The first-order valence-electron chi connectivity index (χ1n) is 10.8. The van der Waals surface area contributed by atoms with E-state index >= 15 is 0 Å². The SMILES string of the molecule is CCOc1nc(-c2cccc(C(F)(F)F)c2)n(-c2cccc(NS(=O)(=O)c3cc(Br)ccc3OC)c2)n1. The summed E-state index contributed by atoms with van der Waals surface area (Å²) >= 11 is 3.26. The van der Waals surface area contributed by atoms with E-state index in [0.717, 1.165) is 12.1 Å². The van der Waals surface area contributed by atoms with Crippen molar-refractivity contribution < 1.29 is 31.1 Å². The summed E-state index contributed by atoms with van der Waals surface area (Å²) in [5.41, 5.74) is -0.171. The van der Waals surface area contributed by atoms with Gasteiger partial charge in [-0.3, -0.25) is 4.72 Å². The standard InChI is InChI=1S/C24H20BrF3N4O4S/c1-3-36-23-29-22(15-6-4-7-16(12-15)24(26,27)28)32(30-23)19-9-5-8-18(14-19)31-37(33,34)21-13-17(25)10-11-20(21)35-2/h4-14,31H,3H2,1-2H3. The average Bonchev–Trinajstić information content (AvgIpc) is 3.28. The van der Waals surface area contributed by atoms with Crippen LogP contribution in [0.2, 0.25) is 0 Å². The van der Waals surface area contributed by atoms with Gasteiger partial charge in [0, 0.05) is 10.0 Å². The molecule has 0 aliphatic heterocycles. The van der Waals surface area contributed by atoms with Gasteiger partial charge in [-0.1, -0.05) is 34.1 Å². The number of aromatic nitrogens is 3. The minimum Gasteiger partial charge on any atom is -0.495 e. The molecule has 0 bridgehead atoms. The lowest BCUT2D eigenvalue weighted by atomic mass is 10.1. The zero-order valence-corrected chi connectivity index (χ0v) is 21.9. The van der Waals surface area contributed by atoms with Crippen LogP contribution in [0.15, 0.2) is 76.1 Å². The summed E-state index contributed by atoms with van der Waals surface area (Å²) in [6, 6.07) is 15.4. The second-order valence-corrected chi connectivity index (χ2v) is 10.2. The van der Waals surface area contributed by atoms with Crippen LogP contribution in [0.25, 0.3) is 17.1 Å². The normalized spacial score (nSPS) is 11.8. The van der Waals surface area contributed by atoms with Crippen molar-refractivity contribution in [2.24, 2.45) is 0 Å². The molecule has 0 saturated heterocycles. The van der Waals surface area contributed by atoms with Gasteiger partial charge in [0.2, 0.25) is 0 Å². The third kappa shape index (κ3) is 5.88. The molecule has 0 amide bonds. The molecular weight excluding hydrogens is 577 g/mol. The number of ether oxygens (including phenoxy) is 2. The molecule has 0 unspecified atom stereocenters. The third-order valence-corrected chi connectivity index (χ3v) is 6.96. The molecule has 0 spiro atoms. The number of sulfonamides is 1. The molecule has 4 aromatic rings. The van der Waals surface area contributed by atoms with Crippen LogP contribution in [-0.2, 0) is 16.2 Å². The Balaban J connectivity index is 1.76. The van der Waals surface area contributed by atoms with Gasteiger partial charge in [0.15, 0.2) is 5.82 Å². The molecule has 0 fully saturated rings. The summed E-state index contributed by atoms with van der Waals surface area (Å²) in [6.07, 6.45) is -4.55. The van der Waals surface area contributed by atoms with Crippen LogP contribution in [0.5, 0.6) is 11.8 Å². The fraction of sp³-hybridized carbons (Fsp3) is 0.167. The highest BCUT2D eigenvalue weighted by Crippen LogP contribution is 2.33. The molecule has 194 valence electrons. The van der Waals surface area contributed by atoms with Crippen molar-refractivity contribution in [2.45, 2.75) is 18.0 Å². The maximum Gasteiger partial charge on any atom is 0.416 e. The van der Waals surface area contributed by atoms with Gasteiger partial charge in [-0.05, 0) is 55.5 Å². The molecular formula is C24H20BrF3N4O4S. The highest BCUT2D eigenvalue weighted by molar-refractivity contribution is 9.10. The number of hydrogen-bond donors (Lipinski definition) is 1.